The number of hydrogen-bond donors (Lipinski definition) is 1. The van der Waals surface area contributed by atoms with Gasteiger partial charge >= 0.3 is 0 Å². The van der Waals surface area contributed by atoms with Gasteiger partial charge in [0, 0.05) is 43.0 Å². The monoisotopic (exact) mass is 437 g/mol. The largest absolute Gasteiger partial charge is 0.461 e. The number of halogens is 1. The van der Waals surface area contributed by atoms with Crippen molar-refractivity contribution in [2.45, 2.75) is 38.0 Å². The molecule has 2 aliphatic rings. The van der Waals surface area contributed by atoms with Crippen LogP contribution in [0.1, 0.15) is 30.9 Å². The van der Waals surface area contributed by atoms with Gasteiger partial charge in [0.1, 0.15) is 5.75 Å². The lowest BCUT2D eigenvalue weighted by atomic mass is 9.80. The van der Waals surface area contributed by atoms with Crippen molar-refractivity contribution in [2.24, 2.45) is 0 Å². The number of ether oxygens (including phenoxy) is 1. The minimum Gasteiger partial charge on any atom is -0.461 e. The number of carbonyl (C=O) groups is 1. The fourth-order valence-electron chi connectivity index (χ4n) is 4.96. The van der Waals surface area contributed by atoms with Crippen LogP contribution in [0.4, 0.5) is 4.39 Å². The molecule has 1 spiro atoms. The summed E-state index contributed by atoms with van der Waals surface area (Å²) in [4.78, 5) is 18.8. The molecule has 0 saturated carbocycles. The molecule has 2 aromatic carbocycles. The van der Waals surface area contributed by atoms with E-state index in [0.717, 1.165) is 29.5 Å². The van der Waals surface area contributed by atoms with E-state index in [1.807, 2.05) is 12.1 Å². The van der Waals surface area contributed by atoms with E-state index in [0.29, 0.717) is 42.5 Å². The van der Waals surface area contributed by atoms with Crippen LogP contribution >= 0.6 is 0 Å². The molecule has 8 heteroatoms. The summed E-state index contributed by atoms with van der Waals surface area (Å²) in [5.41, 5.74) is 3.73. The first-order valence-electron chi connectivity index (χ1n) is 10.8. The Kier molecular flexibility index (Phi) is 5.17. The molecule has 2 atom stereocenters. The molecule has 1 aliphatic carbocycles. The van der Waals surface area contributed by atoms with Gasteiger partial charge in [0.05, 0.1) is 6.61 Å². The Balaban J connectivity index is 1.43. The van der Waals surface area contributed by atoms with Crippen molar-refractivity contribution in [3.8, 4) is 28.6 Å². The summed E-state index contributed by atoms with van der Waals surface area (Å²) in [6.07, 6.45) is 0.799. The lowest BCUT2D eigenvalue weighted by Gasteiger charge is -2.24. The Morgan fingerprint density at radius 2 is 2.09 bits per heavy atom. The number of nitrogens with zero attached hydrogens (tertiary/aromatic N) is 3. The first kappa shape index (κ1) is 20.6. The molecule has 1 fully saturated rings. The lowest BCUT2D eigenvalue weighted by molar-refractivity contribution is -0.128. The zero-order valence-corrected chi connectivity index (χ0v) is 17.8. The van der Waals surface area contributed by atoms with Crippen LogP contribution in [0.15, 0.2) is 47.0 Å². The van der Waals surface area contributed by atoms with E-state index in [9.17, 15) is 14.3 Å². The van der Waals surface area contributed by atoms with E-state index in [4.69, 9.17) is 9.26 Å². The average molecular weight is 437 g/mol. The maximum Gasteiger partial charge on any atom is 0.258 e. The van der Waals surface area contributed by atoms with Crippen LogP contribution in [0, 0.1) is 0 Å². The van der Waals surface area contributed by atoms with Crippen LogP contribution in [-0.4, -0.2) is 52.1 Å². The standard InChI is InChI=1S/C24H24FN3O4/c1-15(25)31-17-7-5-16(6-8-17)23-26-22(27-32-23)19-3-2-4-20-18(19)9-10-24(20)13-21(30)28(14-24)11-12-29/h2-8,15,29H,9-14H2,1H3/t15?,24-/m1/s1. The number of benzene rings is 2. The Labute approximate surface area is 184 Å². The third kappa shape index (κ3) is 3.54. The van der Waals surface area contributed by atoms with Gasteiger partial charge in [0.25, 0.3) is 5.89 Å². The van der Waals surface area contributed by atoms with Crippen molar-refractivity contribution in [2.75, 3.05) is 19.7 Å². The molecular formula is C24H24FN3O4. The van der Waals surface area contributed by atoms with Crippen LogP contribution in [0.2, 0.25) is 0 Å². The van der Waals surface area contributed by atoms with Gasteiger partial charge in [0.2, 0.25) is 18.1 Å². The number of rotatable bonds is 6. The maximum absolute atomic E-state index is 13.0. The van der Waals surface area contributed by atoms with Crippen LogP contribution in [0.5, 0.6) is 5.75 Å². The molecule has 1 amide bonds. The van der Waals surface area contributed by atoms with E-state index >= 15 is 0 Å². The first-order valence-corrected chi connectivity index (χ1v) is 10.8. The second-order valence-corrected chi connectivity index (χ2v) is 8.44. The fraction of sp³-hybridized carbons (Fsp3) is 0.375. The number of β-amino-alcohol motifs (C(OH)–C–C–N with tert-alkyl or cyclic N) is 1. The molecule has 1 saturated heterocycles. The van der Waals surface area contributed by atoms with Gasteiger partial charge in [-0.2, -0.15) is 4.98 Å². The number of alkyl halides is 1. The molecular weight excluding hydrogens is 413 g/mol. The number of carbonyl (C=O) groups excluding carboxylic acids is 1. The number of likely N-dealkylation sites (tertiary alicyclic amines) is 1. The number of hydrogen-bond acceptors (Lipinski definition) is 6. The molecule has 7 nitrogen and oxygen atoms in total. The minimum atomic E-state index is -1.38. The van der Waals surface area contributed by atoms with Crippen molar-refractivity contribution in [3.63, 3.8) is 0 Å². The molecule has 0 radical (unpaired) electrons. The van der Waals surface area contributed by atoms with Gasteiger partial charge in [0.15, 0.2) is 0 Å². The number of fused-ring (bicyclic) bond motifs is 2. The molecule has 1 aliphatic heterocycles. The van der Waals surface area contributed by atoms with Crippen LogP contribution in [-0.2, 0) is 16.6 Å². The minimum absolute atomic E-state index is 0.0275. The average Bonchev–Trinajstić information content (AvgIpc) is 3.47. The van der Waals surface area contributed by atoms with Gasteiger partial charge in [-0.3, -0.25) is 4.79 Å². The molecule has 2 heterocycles. The smallest absolute Gasteiger partial charge is 0.258 e. The Hall–Kier alpha value is -3.26. The molecule has 1 unspecified atom stereocenters. The van der Waals surface area contributed by atoms with Gasteiger partial charge < -0.3 is 19.3 Å². The van der Waals surface area contributed by atoms with Crippen LogP contribution in [0.25, 0.3) is 22.8 Å². The maximum atomic E-state index is 13.0. The summed E-state index contributed by atoms with van der Waals surface area (Å²) < 4.78 is 23.5. The van der Waals surface area contributed by atoms with Crippen molar-refractivity contribution >= 4 is 5.91 Å². The molecule has 5 rings (SSSR count). The highest BCUT2D eigenvalue weighted by Gasteiger charge is 2.48. The molecule has 166 valence electrons. The molecule has 0 bridgehead atoms. The van der Waals surface area contributed by atoms with E-state index in [1.54, 1.807) is 29.2 Å². The van der Waals surface area contributed by atoms with Crippen molar-refractivity contribution in [1.29, 1.82) is 0 Å². The summed E-state index contributed by atoms with van der Waals surface area (Å²) in [5, 5.41) is 13.5. The molecule has 32 heavy (non-hydrogen) atoms. The highest BCUT2D eigenvalue weighted by atomic mass is 19.1. The molecule has 3 aromatic rings. The summed E-state index contributed by atoms with van der Waals surface area (Å²) in [6, 6.07) is 12.9. The van der Waals surface area contributed by atoms with Gasteiger partial charge in [-0.15, -0.1) is 0 Å². The van der Waals surface area contributed by atoms with Crippen LogP contribution in [0.3, 0.4) is 0 Å². The number of aliphatic hydroxyl groups is 1. The van der Waals surface area contributed by atoms with E-state index in [1.165, 1.54) is 6.92 Å². The normalized spacial score (nSPS) is 20.7. The van der Waals surface area contributed by atoms with Crippen molar-refractivity contribution < 1.29 is 23.6 Å². The predicted octanol–water partition coefficient (Wildman–Crippen LogP) is 3.51. The fourth-order valence-corrected chi connectivity index (χ4v) is 4.96. The number of aromatic nitrogens is 2. The Bertz CT molecular complexity index is 1140. The third-order valence-corrected chi connectivity index (χ3v) is 6.37. The lowest BCUT2D eigenvalue weighted by Crippen LogP contribution is -2.32. The van der Waals surface area contributed by atoms with Crippen LogP contribution < -0.4 is 4.74 Å². The highest BCUT2D eigenvalue weighted by molar-refractivity contribution is 5.82. The first-order chi connectivity index (χ1) is 15.5. The van der Waals surface area contributed by atoms with Gasteiger partial charge in [-0.25, -0.2) is 4.39 Å². The highest BCUT2D eigenvalue weighted by Crippen LogP contribution is 2.48. The van der Waals surface area contributed by atoms with Crippen molar-refractivity contribution in [1.82, 2.24) is 15.0 Å². The summed E-state index contributed by atoms with van der Waals surface area (Å²) >= 11 is 0. The summed E-state index contributed by atoms with van der Waals surface area (Å²) in [5.74, 6) is 1.39. The number of aliphatic hydroxyl groups excluding tert-OH is 1. The SMILES string of the molecule is CC(F)Oc1ccc(-c2nc(-c3cccc4c3CC[C@]43CC(=O)N(CCO)C3)no2)cc1. The van der Waals surface area contributed by atoms with Gasteiger partial charge in [-0.05, 0) is 48.2 Å². The topological polar surface area (TPSA) is 88.7 Å². The van der Waals surface area contributed by atoms with E-state index in [-0.39, 0.29) is 17.9 Å². The van der Waals surface area contributed by atoms with E-state index in [2.05, 4.69) is 16.2 Å². The zero-order valence-electron chi connectivity index (χ0n) is 17.8. The predicted molar refractivity (Wildman–Crippen MR) is 115 cm³/mol. The third-order valence-electron chi connectivity index (χ3n) is 6.37. The quantitative estimate of drug-likeness (QED) is 0.635. The van der Waals surface area contributed by atoms with Gasteiger partial charge in [-0.1, -0.05) is 23.4 Å². The van der Waals surface area contributed by atoms with Crippen molar-refractivity contribution in [3.05, 3.63) is 53.6 Å². The second-order valence-electron chi connectivity index (χ2n) is 8.44. The number of amides is 1. The summed E-state index contributed by atoms with van der Waals surface area (Å²) in [6.45, 7) is 2.30. The zero-order chi connectivity index (χ0) is 22.3. The molecule has 1 N–H and O–H groups in total. The summed E-state index contributed by atoms with van der Waals surface area (Å²) in [7, 11) is 0. The molecule has 1 aromatic heterocycles. The Morgan fingerprint density at radius 3 is 2.84 bits per heavy atom. The van der Waals surface area contributed by atoms with E-state index < -0.39 is 6.36 Å². The second kappa shape index (κ2) is 8.02. The Morgan fingerprint density at radius 1 is 1.28 bits per heavy atom.